The van der Waals surface area contributed by atoms with Crippen molar-refractivity contribution in [1.82, 2.24) is 4.98 Å². The van der Waals surface area contributed by atoms with E-state index in [4.69, 9.17) is 4.98 Å². The van der Waals surface area contributed by atoms with Gasteiger partial charge in [-0.3, -0.25) is 4.98 Å². The van der Waals surface area contributed by atoms with Gasteiger partial charge < -0.3 is 0 Å². The third-order valence-corrected chi connectivity index (χ3v) is 7.87. The summed E-state index contributed by atoms with van der Waals surface area (Å²) in [7, 11) is 0. The van der Waals surface area contributed by atoms with Crippen molar-refractivity contribution in [3.63, 3.8) is 0 Å². The number of rotatable bonds is 8. The van der Waals surface area contributed by atoms with E-state index in [0.29, 0.717) is 10.8 Å². The van der Waals surface area contributed by atoms with E-state index in [-0.39, 0.29) is 0 Å². The minimum absolute atomic E-state index is 0.462. The fraction of sp³-hybridized carbons (Fsp3) is 0.593. The first-order valence-electron chi connectivity index (χ1n) is 11.7. The van der Waals surface area contributed by atoms with Gasteiger partial charge in [-0.1, -0.05) is 69.9 Å². The van der Waals surface area contributed by atoms with Gasteiger partial charge in [-0.15, -0.1) is 0 Å². The lowest BCUT2D eigenvalue weighted by Crippen LogP contribution is -2.44. The maximum atomic E-state index is 4.70. The van der Waals surface area contributed by atoms with Crippen LogP contribution < -0.4 is 0 Å². The number of aromatic nitrogens is 1. The summed E-state index contributed by atoms with van der Waals surface area (Å²) < 4.78 is 0. The van der Waals surface area contributed by atoms with Crippen LogP contribution in [-0.2, 0) is 11.8 Å². The number of benzene rings is 1. The number of aryl methyl sites for hydroxylation is 1. The second-order valence-corrected chi connectivity index (χ2v) is 9.62. The minimum atomic E-state index is 0.462. The molecule has 3 aliphatic rings. The van der Waals surface area contributed by atoms with E-state index >= 15 is 0 Å². The van der Waals surface area contributed by atoms with Gasteiger partial charge in [-0.05, 0) is 79.4 Å². The lowest BCUT2D eigenvalue weighted by molar-refractivity contribution is 0.0305. The van der Waals surface area contributed by atoms with Crippen molar-refractivity contribution < 1.29 is 0 Å². The van der Waals surface area contributed by atoms with Crippen molar-refractivity contribution in [2.75, 3.05) is 0 Å². The zero-order chi connectivity index (χ0) is 19.5. The fourth-order valence-electron chi connectivity index (χ4n) is 5.85. The molecule has 28 heavy (non-hydrogen) atoms. The summed E-state index contributed by atoms with van der Waals surface area (Å²) in [5.74, 6) is 0. The first-order chi connectivity index (χ1) is 13.7. The third-order valence-electron chi connectivity index (χ3n) is 7.87. The average molecular weight is 376 g/mol. The molecule has 0 amide bonds. The molecule has 2 aromatic rings. The van der Waals surface area contributed by atoms with Gasteiger partial charge in [0, 0.05) is 11.8 Å². The molecule has 0 radical (unpaired) electrons. The van der Waals surface area contributed by atoms with Crippen molar-refractivity contribution in [2.24, 2.45) is 5.41 Å². The van der Waals surface area contributed by atoms with Gasteiger partial charge in [0.05, 0.1) is 5.69 Å². The highest BCUT2D eigenvalue weighted by Crippen LogP contribution is 2.59. The molecule has 2 bridgehead atoms. The van der Waals surface area contributed by atoms with Crippen molar-refractivity contribution in [2.45, 2.75) is 96.3 Å². The molecule has 150 valence electrons. The van der Waals surface area contributed by atoms with E-state index in [1.807, 2.05) is 6.20 Å². The largest absolute Gasteiger partial charge is 0.256 e. The third kappa shape index (κ3) is 3.91. The Kier molecular flexibility index (Phi) is 5.90. The predicted octanol–water partition coefficient (Wildman–Crippen LogP) is 7.87. The summed E-state index contributed by atoms with van der Waals surface area (Å²) in [5, 5.41) is 0. The Bertz CT molecular complexity index is 731. The zero-order valence-electron chi connectivity index (χ0n) is 18.0. The summed E-state index contributed by atoms with van der Waals surface area (Å²) in [4.78, 5) is 4.70. The first kappa shape index (κ1) is 19.7. The number of pyridine rings is 1. The summed E-state index contributed by atoms with van der Waals surface area (Å²) in [5.41, 5.74) is 6.44. The lowest BCUT2D eigenvalue weighted by Gasteiger charge is -2.54. The van der Waals surface area contributed by atoms with Gasteiger partial charge >= 0.3 is 0 Å². The van der Waals surface area contributed by atoms with Gasteiger partial charge in [-0.2, -0.15) is 0 Å². The monoisotopic (exact) mass is 375 g/mol. The smallest absolute Gasteiger partial charge is 0.0702 e. The van der Waals surface area contributed by atoms with E-state index in [1.54, 1.807) is 5.56 Å². The molecule has 0 atom stereocenters. The van der Waals surface area contributed by atoms with Crippen LogP contribution in [0.5, 0.6) is 0 Å². The molecule has 5 rings (SSSR count). The SMILES string of the molecule is CCCCCC12CCC(c3ccc(-c4ccc(CCC)cn4)cc3)(CC1)CC2. The van der Waals surface area contributed by atoms with Crippen LogP contribution in [0.25, 0.3) is 11.3 Å². The van der Waals surface area contributed by atoms with E-state index < -0.39 is 0 Å². The average Bonchev–Trinajstić information content (AvgIpc) is 2.76. The zero-order valence-corrected chi connectivity index (χ0v) is 18.0. The van der Waals surface area contributed by atoms with Crippen LogP contribution in [0, 0.1) is 5.41 Å². The fourth-order valence-corrected chi connectivity index (χ4v) is 5.85. The summed E-state index contributed by atoms with van der Waals surface area (Å²) in [6, 6.07) is 13.9. The second kappa shape index (κ2) is 8.39. The van der Waals surface area contributed by atoms with Gasteiger partial charge in [0.25, 0.3) is 0 Å². The van der Waals surface area contributed by atoms with Crippen LogP contribution in [0.1, 0.15) is 95.6 Å². The highest BCUT2D eigenvalue weighted by molar-refractivity contribution is 5.60. The molecule has 3 saturated carbocycles. The molecule has 0 aliphatic heterocycles. The van der Waals surface area contributed by atoms with Gasteiger partial charge in [0.1, 0.15) is 0 Å². The Labute approximate surface area is 172 Å². The highest BCUT2D eigenvalue weighted by atomic mass is 14.7. The highest BCUT2D eigenvalue weighted by Gasteiger charge is 2.48. The van der Waals surface area contributed by atoms with Gasteiger partial charge in [0.15, 0.2) is 0 Å². The van der Waals surface area contributed by atoms with Crippen LogP contribution in [0.3, 0.4) is 0 Å². The molecule has 0 N–H and O–H groups in total. The summed E-state index contributed by atoms with van der Waals surface area (Å²) in [6.45, 7) is 4.54. The Hall–Kier alpha value is -1.63. The number of hydrogen-bond donors (Lipinski definition) is 0. The van der Waals surface area contributed by atoms with E-state index in [2.05, 4.69) is 50.2 Å². The number of nitrogens with zero attached hydrogens (tertiary/aromatic N) is 1. The van der Waals surface area contributed by atoms with Gasteiger partial charge in [0.2, 0.25) is 0 Å². The molecular formula is C27H37N. The van der Waals surface area contributed by atoms with Crippen LogP contribution in [0.15, 0.2) is 42.6 Å². The molecule has 1 nitrogen and oxygen atoms in total. The summed E-state index contributed by atoms with van der Waals surface area (Å²) >= 11 is 0. The molecule has 1 aromatic carbocycles. The molecular weight excluding hydrogens is 338 g/mol. The Morgan fingerprint density at radius 3 is 2.07 bits per heavy atom. The Morgan fingerprint density at radius 2 is 1.50 bits per heavy atom. The van der Waals surface area contributed by atoms with Crippen molar-refractivity contribution in [3.05, 3.63) is 53.7 Å². The van der Waals surface area contributed by atoms with E-state index in [0.717, 1.165) is 12.1 Å². The quantitative estimate of drug-likeness (QED) is 0.428. The molecule has 1 aromatic heterocycles. The number of unbranched alkanes of at least 4 members (excludes halogenated alkanes) is 2. The molecule has 3 fully saturated rings. The van der Waals surface area contributed by atoms with Crippen LogP contribution >= 0.6 is 0 Å². The maximum absolute atomic E-state index is 4.70. The second-order valence-electron chi connectivity index (χ2n) is 9.62. The molecule has 0 unspecified atom stereocenters. The topological polar surface area (TPSA) is 12.9 Å². The molecule has 0 saturated heterocycles. The predicted molar refractivity (Wildman–Crippen MR) is 120 cm³/mol. The number of hydrogen-bond acceptors (Lipinski definition) is 1. The van der Waals surface area contributed by atoms with E-state index in [9.17, 15) is 0 Å². The van der Waals surface area contributed by atoms with Crippen LogP contribution in [0.2, 0.25) is 0 Å². The maximum Gasteiger partial charge on any atom is 0.0702 e. The van der Waals surface area contributed by atoms with Crippen molar-refractivity contribution in [1.29, 1.82) is 0 Å². The van der Waals surface area contributed by atoms with Crippen molar-refractivity contribution in [3.8, 4) is 11.3 Å². The minimum Gasteiger partial charge on any atom is -0.256 e. The molecule has 1 heteroatoms. The van der Waals surface area contributed by atoms with Crippen LogP contribution in [0.4, 0.5) is 0 Å². The Morgan fingerprint density at radius 1 is 0.786 bits per heavy atom. The van der Waals surface area contributed by atoms with Crippen LogP contribution in [-0.4, -0.2) is 4.98 Å². The van der Waals surface area contributed by atoms with Gasteiger partial charge in [-0.25, -0.2) is 0 Å². The van der Waals surface area contributed by atoms with E-state index in [1.165, 1.54) is 81.8 Å². The number of fused-ring (bicyclic) bond motifs is 3. The van der Waals surface area contributed by atoms with Crippen molar-refractivity contribution >= 4 is 0 Å². The normalized spacial score (nSPS) is 26.5. The first-order valence-corrected chi connectivity index (χ1v) is 11.7. The molecule has 1 heterocycles. The molecule has 3 aliphatic carbocycles. The standard InChI is InChI=1S/C27H37N/c1-3-5-6-14-26-15-18-27(19-16-26,20-17-26)24-11-9-23(10-12-24)25-13-8-22(7-4-2)21-28-25/h8-13,21H,3-7,14-20H2,1-2H3. The summed E-state index contributed by atoms with van der Waals surface area (Å²) in [6.07, 6.45) is 18.6. The Balaban J connectivity index is 1.43. The lowest BCUT2D eigenvalue weighted by atomic mass is 9.51. The molecule has 0 spiro atoms.